The van der Waals surface area contributed by atoms with E-state index in [0.29, 0.717) is 16.5 Å². The molecule has 0 spiro atoms. The third-order valence-electron chi connectivity index (χ3n) is 3.08. The summed E-state index contributed by atoms with van der Waals surface area (Å²) in [4.78, 5) is 11.6. The summed E-state index contributed by atoms with van der Waals surface area (Å²) in [6, 6.07) is 9.29. The summed E-state index contributed by atoms with van der Waals surface area (Å²) >= 11 is 1.20. The number of nitrogens with two attached hydrogens (primary N) is 1. The maximum atomic E-state index is 12.3. The molecule has 0 atom stereocenters. The molecule has 0 saturated heterocycles. The van der Waals surface area contributed by atoms with Gasteiger partial charge in [0.05, 0.1) is 10.6 Å². The van der Waals surface area contributed by atoms with E-state index in [0.717, 1.165) is 0 Å². The van der Waals surface area contributed by atoms with Crippen LogP contribution in [0.3, 0.4) is 0 Å². The van der Waals surface area contributed by atoms with Crippen LogP contribution in [0.15, 0.2) is 58.1 Å². The third kappa shape index (κ3) is 4.54. The van der Waals surface area contributed by atoms with E-state index < -0.39 is 10.0 Å². The predicted octanol–water partition coefficient (Wildman–Crippen LogP) is 1.66. The topological polar surface area (TPSA) is 159 Å². The van der Waals surface area contributed by atoms with Gasteiger partial charge in [-0.05, 0) is 30.3 Å². The van der Waals surface area contributed by atoms with Crippen LogP contribution < -0.4 is 15.9 Å². The molecule has 10 nitrogen and oxygen atoms in total. The summed E-state index contributed by atoms with van der Waals surface area (Å²) in [6.45, 7) is 0. The molecule has 0 aliphatic heterocycles. The molecule has 0 unspecified atom stereocenters. The Bertz CT molecular complexity index is 1100. The monoisotopic (exact) mass is 400 g/mol. The van der Waals surface area contributed by atoms with E-state index in [4.69, 9.17) is 11.0 Å². The summed E-state index contributed by atoms with van der Waals surface area (Å²) in [7, 11) is -3.82. The van der Waals surface area contributed by atoms with Crippen molar-refractivity contribution in [1.82, 2.24) is 15.0 Å². The van der Waals surface area contributed by atoms with Crippen LogP contribution in [0.5, 0.6) is 0 Å². The average Bonchev–Trinajstić information content (AvgIpc) is 3.09. The summed E-state index contributed by atoms with van der Waals surface area (Å²) in [5, 5.41) is 15.1. The second-order valence-electron chi connectivity index (χ2n) is 4.96. The lowest BCUT2D eigenvalue weighted by molar-refractivity contribution is 0.601. The van der Waals surface area contributed by atoms with Crippen molar-refractivity contribution in [2.24, 2.45) is 5.10 Å². The highest BCUT2D eigenvalue weighted by Gasteiger charge is 2.15. The van der Waals surface area contributed by atoms with E-state index in [9.17, 15) is 8.42 Å². The van der Waals surface area contributed by atoms with Crippen LogP contribution in [0.4, 0.5) is 17.5 Å². The van der Waals surface area contributed by atoms with E-state index in [1.54, 1.807) is 11.4 Å². The number of nitrogens with one attached hydrogen (secondary N) is 2. The van der Waals surface area contributed by atoms with Crippen LogP contribution in [0.1, 0.15) is 5.01 Å². The Balaban J connectivity index is 1.73. The molecule has 136 valence electrons. The minimum atomic E-state index is -3.82. The normalized spacial score (nSPS) is 11.6. The zero-order chi connectivity index (χ0) is 19.3. The largest absolute Gasteiger partial charge is 0.383 e. The number of aromatic nitrogens is 3. The van der Waals surface area contributed by atoms with Crippen molar-refractivity contribution in [3.63, 3.8) is 0 Å². The standard InChI is InChI=1S/C15H12N8O2S2/c16-8-12(14-20-13(17)9-26-14)22-21-10-2-4-11(5-3-10)27(24,25)23-15-18-6-1-7-19-15/h1-7,9,21H,17H2,(H,18,19,23)/b22-12+. The first-order chi connectivity index (χ1) is 13.0. The van der Waals surface area contributed by atoms with Gasteiger partial charge in [-0.2, -0.15) is 10.4 Å². The molecular formula is C15H12N8O2S2. The number of thiazole rings is 1. The van der Waals surface area contributed by atoms with Crippen LogP contribution in [-0.4, -0.2) is 29.1 Å². The third-order valence-corrected chi connectivity index (χ3v) is 5.29. The highest BCUT2D eigenvalue weighted by molar-refractivity contribution is 7.92. The van der Waals surface area contributed by atoms with E-state index >= 15 is 0 Å². The van der Waals surface area contributed by atoms with E-state index in [-0.39, 0.29) is 16.6 Å². The van der Waals surface area contributed by atoms with Gasteiger partial charge in [0, 0.05) is 17.8 Å². The van der Waals surface area contributed by atoms with Crippen molar-refractivity contribution >= 4 is 44.5 Å². The number of anilines is 3. The maximum absolute atomic E-state index is 12.3. The predicted molar refractivity (Wildman–Crippen MR) is 102 cm³/mol. The van der Waals surface area contributed by atoms with Crippen LogP contribution in [-0.2, 0) is 10.0 Å². The summed E-state index contributed by atoms with van der Waals surface area (Å²) < 4.78 is 26.9. The lowest BCUT2D eigenvalue weighted by Gasteiger charge is -2.07. The Labute approximate surface area is 158 Å². The first kappa shape index (κ1) is 18.2. The van der Waals surface area contributed by atoms with Crippen molar-refractivity contribution < 1.29 is 8.42 Å². The van der Waals surface area contributed by atoms with Gasteiger partial charge in [-0.15, -0.1) is 11.3 Å². The van der Waals surface area contributed by atoms with Gasteiger partial charge in [-0.1, -0.05) is 0 Å². The number of nitriles is 1. The molecule has 3 aromatic rings. The molecule has 0 bridgehead atoms. The Hall–Kier alpha value is -3.56. The number of hydrogen-bond donors (Lipinski definition) is 3. The maximum Gasteiger partial charge on any atom is 0.264 e. The van der Waals surface area contributed by atoms with Gasteiger partial charge < -0.3 is 5.73 Å². The zero-order valence-corrected chi connectivity index (χ0v) is 15.2. The Kier molecular flexibility index (Phi) is 5.25. The summed E-state index contributed by atoms with van der Waals surface area (Å²) in [6.07, 6.45) is 2.86. The molecule has 0 aliphatic carbocycles. The Morgan fingerprint density at radius 2 is 1.93 bits per heavy atom. The molecule has 27 heavy (non-hydrogen) atoms. The highest BCUT2D eigenvalue weighted by atomic mass is 32.2. The van der Waals surface area contributed by atoms with Gasteiger partial charge in [0.2, 0.25) is 5.95 Å². The Morgan fingerprint density at radius 3 is 2.52 bits per heavy atom. The molecule has 0 aliphatic rings. The second kappa shape index (κ2) is 7.77. The summed E-state index contributed by atoms with van der Waals surface area (Å²) in [5.74, 6) is 0.285. The minimum Gasteiger partial charge on any atom is -0.383 e. The van der Waals surface area contributed by atoms with Crippen LogP contribution in [0, 0.1) is 11.3 Å². The van der Waals surface area contributed by atoms with Crippen molar-refractivity contribution in [2.45, 2.75) is 4.90 Å². The number of rotatable bonds is 6. The fraction of sp³-hybridized carbons (Fsp3) is 0. The van der Waals surface area contributed by atoms with Gasteiger partial charge in [-0.3, -0.25) is 5.43 Å². The number of nitrogens with zero attached hydrogens (tertiary/aromatic N) is 5. The molecule has 2 heterocycles. The highest BCUT2D eigenvalue weighted by Crippen LogP contribution is 2.17. The molecule has 2 aromatic heterocycles. The van der Waals surface area contributed by atoms with Crippen LogP contribution in [0.25, 0.3) is 0 Å². The molecule has 4 N–H and O–H groups in total. The van der Waals surface area contributed by atoms with Crippen molar-refractivity contribution in [3.8, 4) is 6.07 Å². The smallest absolute Gasteiger partial charge is 0.264 e. The fourth-order valence-electron chi connectivity index (χ4n) is 1.88. The minimum absolute atomic E-state index is 0.0225. The van der Waals surface area contributed by atoms with Gasteiger partial charge in [0.15, 0.2) is 10.7 Å². The number of hydrazone groups is 1. The first-order valence-electron chi connectivity index (χ1n) is 7.33. The Morgan fingerprint density at radius 1 is 1.22 bits per heavy atom. The van der Waals surface area contributed by atoms with E-state index in [1.165, 1.54) is 48.0 Å². The number of nitrogen functional groups attached to an aromatic ring is 1. The van der Waals surface area contributed by atoms with Gasteiger partial charge in [0.25, 0.3) is 10.0 Å². The number of benzene rings is 1. The van der Waals surface area contributed by atoms with Gasteiger partial charge in [0.1, 0.15) is 11.9 Å². The lowest BCUT2D eigenvalue weighted by atomic mass is 10.3. The van der Waals surface area contributed by atoms with Crippen LogP contribution in [0.2, 0.25) is 0 Å². The fourth-order valence-corrected chi connectivity index (χ4v) is 3.48. The average molecular weight is 400 g/mol. The summed E-state index contributed by atoms with van der Waals surface area (Å²) in [5.41, 5.74) is 8.77. The molecular weight excluding hydrogens is 388 g/mol. The van der Waals surface area contributed by atoms with Crippen molar-refractivity contribution in [1.29, 1.82) is 5.26 Å². The van der Waals surface area contributed by atoms with Gasteiger partial charge >= 0.3 is 0 Å². The van der Waals surface area contributed by atoms with E-state index in [1.807, 2.05) is 6.07 Å². The van der Waals surface area contributed by atoms with Crippen molar-refractivity contribution in [3.05, 3.63) is 53.1 Å². The molecule has 1 aromatic carbocycles. The molecule has 12 heteroatoms. The quantitative estimate of drug-likeness (QED) is 0.416. The number of hydrogen-bond acceptors (Lipinski definition) is 10. The van der Waals surface area contributed by atoms with E-state index in [2.05, 4.69) is 30.2 Å². The SMILES string of the molecule is N#C/C(=N\Nc1ccc(S(=O)(=O)Nc2ncccn2)cc1)c1nc(N)cs1. The lowest BCUT2D eigenvalue weighted by Crippen LogP contribution is -2.14. The molecule has 0 saturated carbocycles. The van der Waals surface area contributed by atoms with Crippen LogP contribution >= 0.6 is 11.3 Å². The number of sulfonamides is 1. The first-order valence-corrected chi connectivity index (χ1v) is 9.69. The second-order valence-corrected chi connectivity index (χ2v) is 7.50. The van der Waals surface area contributed by atoms with Crippen molar-refractivity contribution in [2.75, 3.05) is 15.9 Å². The van der Waals surface area contributed by atoms with Gasteiger partial charge in [-0.25, -0.2) is 28.1 Å². The molecule has 0 radical (unpaired) electrons. The molecule has 0 fully saturated rings. The molecule has 3 rings (SSSR count). The molecule has 0 amide bonds. The zero-order valence-electron chi connectivity index (χ0n) is 13.6.